The molecular weight excluding hydrogens is 190 g/mol. The molecule has 15 heavy (non-hydrogen) atoms. The van der Waals surface area contributed by atoms with Gasteiger partial charge in [0, 0.05) is 18.4 Å². The molecule has 1 N–H and O–H groups in total. The van der Waals surface area contributed by atoms with Crippen molar-refractivity contribution in [2.24, 2.45) is 5.41 Å². The number of allylic oxidation sites excluding steroid dienone is 1. The maximum Gasteiger partial charge on any atom is 0.225 e. The molecule has 0 aromatic carbocycles. The lowest BCUT2D eigenvalue weighted by Gasteiger charge is -2.21. The lowest BCUT2D eigenvalue weighted by molar-refractivity contribution is -0.129. The van der Waals surface area contributed by atoms with E-state index in [2.05, 4.69) is 11.9 Å². The highest BCUT2D eigenvalue weighted by atomic mass is 16.2. The topological polar surface area (TPSA) is 46.2 Å². The third kappa shape index (κ3) is 5.35. The van der Waals surface area contributed by atoms with Crippen molar-refractivity contribution in [3.8, 4) is 0 Å². The Morgan fingerprint density at radius 1 is 1.40 bits per heavy atom. The van der Waals surface area contributed by atoms with Gasteiger partial charge in [-0.3, -0.25) is 9.59 Å². The minimum absolute atomic E-state index is 0.0269. The summed E-state index contributed by atoms with van der Waals surface area (Å²) in [5.41, 5.74) is -0.317. The summed E-state index contributed by atoms with van der Waals surface area (Å²) in [5.74, 6) is 0.0788. The van der Waals surface area contributed by atoms with E-state index in [1.807, 2.05) is 20.8 Å². The van der Waals surface area contributed by atoms with Gasteiger partial charge in [0.1, 0.15) is 0 Å². The first kappa shape index (κ1) is 13.9. The van der Waals surface area contributed by atoms with Gasteiger partial charge < -0.3 is 5.32 Å². The second-order valence-corrected chi connectivity index (χ2v) is 4.27. The molecule has 3 heteroatoms. The Balaban J connectivity index is 3.73. The van der Waals surface area contributed by atoms with Crippen LogP contribution in [0.3, 0.4) is 0 Å². The minimum Gasteiger partial charge on any atom is -0.356 e. The third-order valence-corrected chi connectivity index (χ3v) is 2.61. The highest BCUT2D eigenvalue weighted by Gasteiger charge is 2.24. The Kier molecular flexibility index (Phi) is 5.90. The number of amides is 1. The van der Waals surface area contributed by atoms with E-state index in [1.165, 1.54) is 6.08 Å². The van der Waals surface area contributed by atoms with Crippen LogP contribution in [0.5, 0.6) is 0 Å². The van der Waals surface area contributed by atoms with Crippen molar-refractivity contribution in [2.75, 3.05) is 6.54 Å². The fraction of sp³-hybridized carbons (Fsp3) is 0.667. The molecular formula is C12H21NO2. The summed E-state index contributed by atoms with van der Waals surface area (Å²) < 4.78 is 0. The van der Waals surface area contributed by atoms with Crippen LogP contribution in [-0.4, -0.2) is 18.2 Å². The number of rotatable bonds is 7. The van der Waals surface area contributed by atoms with E-state index in [1.54, 1.807) is 0 Å². The molecule has 0 saturated heterocycles. The summed E-state index contributed by atoms with van der Waals surface area (Å²) in [5, 5.41) is 2.83. The number of hydrogen-bond acceptors (Lipinski definition) is 2. The van der Waals surface area contributed by atoms with Gasteiger partial charge in [0.15, 0.2) is 5.78 Å². The fourth-order valence-corrected chi connectivity index (χ4v) is 0.966. The number of hydrogen-bond donors (Lipinski definition) is 1. The van der Waals surface area contributed by atoms with Gasteiger partial charge in [-0.25, -0.2) is 0 Å². The predicted octanol–water partition coefficient (Wildman–Crippen LogP) is 2.07. The molecule has 0 aliphatic carbocycles. The Hall–Kier alpha value is -1.12. The maximum absolute atomic E-state index is 11.6. The number of ketones is 1. The van der Waals surface area contributed by atoms with E-state index in [4.69, 9.17) is 0 Å². The SMILES string of the molecule is C=CC(=O)CCCNC(=O)C(C)(C)CC. The van der Waals surface area contributed by atoms with Gasteiger partial charge in [0.05, 0.1) is 0 Å². The standard InChI is InChI=1S/C12H21NO2/c1-5-10(14)8-7-9-13-11(15)12(3,4)6-2/h5H,1,6-9H2,2-4H3,(H,13,15). The second-order valence-electron chi connectivity index (χ2n) is 4.27. The summed E-state index contributed by atoms with van der Waals surface area (Å²) >= 11 is 0. The first-order valence-electron chi connectivity index (χ1n) is 5.37. The van der Waals surface area contributed by atoms with Crippen LogP contribution in [0.4, 0.5) is 0 Å². The van der Waals surface area contributed by atoms with Gasteiger partial charge in [-0.15, -0.1) is 0 Å². The van der Waals surface area contributed by atoms with E-state index >= 15 is 0 Å². The molecule has 0 fully saturated rings. The molecule has 0 bridgehead atoms. The van der Waals surface area contributed by atoms with Crippen molar-refractivity contribution in [3.05, 3.63) is 12.7 Å². The van der Waals surface area contributed by atoms with Crippen LogP contribution < -0.4 is 5.32 Å². The predicted molar refractivity (Wildman–Crippen MR) is 61.5 cm³/mol. The number of carbonyl (C=O) groups excluding carboxylic acids is 2. The van der Waals surface area contributed by atoms with Gasteiger partial charge in [-0.05, 0) is 18.9 Å². The van der Waals surface area contributed by atoms with E-state index in [0.29, 0.717) is 19.4 Å². The van der Waals surface area contributed by atoms with Crippen LogP contribution in [0.15, 0.2) is 12.7 Å². The summed E-state index contributed by atoms with van der Waals surface area (Å²) in [7, 11) is 0. The molecule has 0 aromatic heterocycles. The van der Waals surface area contributed by atoms with Gasteiger partial charge >= 0.3 is 0 Å². The highest BCUT2D eigenvalue weighted by molar-refractivity contribution is 5.89. The molecule has 0 radical (unpaired) electrons. The van der Waals surface area contributed by atoms with E-state index in [9.17, 15) is 9.59 Å². The van der Waals surface area contributed by atoms with E-state index in [-0.39, 0.29) is 17.1 Å². The summed E-state index contributed by atoms with van der Waals surface area (Å²) in [6, 6.07) is 0. The average Bonchev–Trinajstić information content (AvgIpc) is 2.23. The Labute approximate surface area is 91.9 Å². The first-order valence-corrected chi connectivity index (χ1v) is 5.37. The molecule has 0 unspecified atom stereocenters. The minimum atomic E-state index is -0.317. The quantitative estimate of drug-likeness (QED) is 0.517. The number of carbonyl (C=O) groups is 2. The zero-order chi connectivity index (χ0) is 11.9. The van der Waals surface area contributed by atoms with Crippen LogP contribution in [0.1, 0.15) is 40.0 Å². The Morgan fingerprint density at radius 2 is 2.00 bits per heavy atom. The molecule has 0 spiro atoms. The molecule has 0 heterocycles. The Bertz CT molecular complexity index is 244. The van der Waals surface area contributed by atoms with Crippen LogP contribution in [0, 0.1) is 5.41 Å². The molecule has 0 aromatic rings. The van der Waals surface area contributed by atoms with Crippen LogP contribution in [0.25, 0.3) is 0 Å². The van der Waals surface area contributed by atoms with Crippen LogP contribution >= 0.6 is 0 Å². The maximum atomic E-state index is 11.6. The van der Waals surface area contributed by atoms with Gasteiger partial charge in [0.2, 0.25) is 5.91 Å². The molecule has 0 saturated carbocycles. The van der Waals surface area contributed by atoms with Crippen LogP contribution in [-0.2, 0) is 9.59 Å². The summed E-state index contributed by atoms with van der Waals surface area (Å²) in [6.45, 7) is 9.76. The van der Waals surface area contributed by atoms with Crippen molar-refractivity contribution < 1.29 is 9.59 Å². The molecule has 3 nitrogen and oxygen atoms in total. The van der Waals surface area contributed by atoms with Crippen molar-refractivity contribution in [1.29, 1.82) is 0 Å². The molecule has 0 rings (SSSR count). The lowest BCUT2D eigenvalue weighted by Crippen LogP contribution is -2.37. The first-order chi connectivity index (χ1) is 6.94. The number of nitrogens with one attached hydrogen (secondary N) is 1. The molecule has 0 atom stereocenters. The van der Waals surface area contributed by atoms with Gasteiger partial charge in [-0.1, -0.05) is 27.4 Å². The van der Waals surface area contributed by atoms with Crippen molar-refractivity contribution in [2.45, 2.75) is 40.0 Å². The van der Waals surface area contributed by atoms with Crippen LogP contribution in [0.2, 0.25) is 0 Å². The lowest BCUT2D eigenvalue weighted by atomic mass is 9.89. The van der Waals surface area contributed by atoms with Crippen molar-refractivity contribution in [3.63, 3.8) is 0 Å². The van der Waals surface area contributed by atoms with Gasteiger partial charge in [-0.2, -0.15) is 0 Å². The zero-order valence-electron chi connectivity index (χ0n) is 9.93. The highest BCUT2D eigenvalue weighted by Crippen LogP contribution is 2.19. The molecule has 0 aliphatic rings. The summed E-state index contributed by atoms with van der Waals surface area (Å²) in [4.78, 5) is 22.5. The van der Waals surface area contributed by atoms with Crippen molar-refractivity contribution in [1.82, 2.24) is 5.32 Å². The smallest absolute Gasteiger partial charge is 0.225 e. The Morgan fingerprint density at radius 3 is 2.47 bits per heavy atom. The monoisotopic (exact) mass is 211 g/mol. The normalized spacial score (nSPS) is 10.9. The van der Waals surface area contributed by atoms with Gasteiger partial charge in [0.25, 0.3) is 0 Å². The second kappa shape index (κ2) is 6.38. The molecule has 1 amide bonds. The molecule has 86 valence electrons. The average molecular weight is 211 g/mol. The van der Waals surface area contributed by atoms with Crippen molar-refractivity contribution >= 4 is 11.7 Å². The van der Waals surface area contributed by atoms with E-state index in [0.717, 1.165) is 6.42 Å². The largest absolute Gasteiger partial charge is 0.356 e. The summed E-state index contributed by atoms with van der Waals surface area (Å²) in [6.07, 6.45) is 3.26. The molecule has 0 aliphatic heterocycles. The third-order valence-electron chi connectivity index (χ3n) is 2.61. The fourth-order valence-electron chi connectivity index (χ4n) is 0.966. The van der Waals surface area contributed by atoms with E-state index < -0.39 is 0 Å². The zero-order valence-corrected chi connectivity index (χ0v) is 9.93.